The first kappa shape index (κ1) is 23.6. The van der Waals surface area contributed by atoms with E-state index >= 15 is 0 Å². The molecule has 176 valence electrons. The molecule has 1 heterocycles. The Morgan fingerprint density at radius 1 is 1.03 bits per heavy atom. The molecular formula is C27H34O5Si. The third-order valence-electron chi connectivity index (χ3n) is 6.92. The van der Waals surface area contributed by atoms with E-state index < -0.39 is 8.56 Å². The smallest absolute Gasteiger partial charge is 0.471 e. The SMILES string of the molecule is COc1c2c(c3c4c(c(/C=C/C=O)c(C)cc14)O[Si](C(C)(C)C)(C(C)(C)C)O3)C(=O)CCC2. The highest BCUT2D eigenvalue weighted by molar-refractivity contribution is 6.75. The lowest BCUT2D eigenvalue weighted by Crippen LogP contribution is -2.63. The van der Waals surface area contributed by atoms with E-state index in [2.05, 4.69) is 47.6 Å². The first-order chi connectivity index (χ1) is 15.4. The number of fused-ring (bicyclic) bond motifs is 2. The van der Waals surface area contributed by atoms with Gasteiger partial charge in [0.1, 0.15) is 23.5 Å². The highest BCUT2D eigenvalue weighted by Gasteiger charge is 2.64. The second-order valence-electron chi connectivity index (χ2n) is 11.2. The maximum absolute atomic E-state index is 13.3. The van der Waals surface area contributed by atoms with Crippen LogP contribution in [-0.2, 0) is 11.2 Å². The molecule has 0 N–H and O–H groups in total. The Balaban J connectivity index is 2.24. The van der Waals surface area contributed by atoms with Gasteiger partial charge in [0.25, 0.3) is 0 Å². The van der Waals surface area contributed by atoms with Gasteiger partial charge in [0.05, 0.1) is 18.1 Å². The summed E-state index contributed by atoms with van der Waals surface area (Å²) in [6.07, 6.45) is 6.13. The molecule has 5 nitrogen and oxygen atoms in total. The summed E-state index contributed by atoms with van der Waals surface area (Å²) in [7, 11) is -1.38. The number of benzene rings is 2. The number of carbonyl (C=O) groups is 2. The quantitative estimate of drug-likeness (QED) is 0.286. The summed E-state index contributed by atoms with van der Waals surface area (Å²) in [5.74, 6) is 2.15. The second-order valence-corrected chi connectivity index (χ2v) is 15.8. The summed E-state index contributed by atoms with van der Waals surface area (Å²) < 4.78 is 20.0. The number of aldehydes is 1. The predicted molar refractivity (Wildman–Crippen MR) is 134 cm³/mol. The summed E-state index contributed by atoms with van der Waals surface area (Å²) in [5.41, 5.74) is 3.41. The van der Waals surface area contributed by atoms with Gasteiger partial charge in [-0.3, -0.25) is 9.59 Å². The largest absolute Gasteiger partial charge is 0.510 e. The first-order valence-corrected chi connectivity index (χ1v) is 13.4. The Bertz CT molecular complexity index is 1180. The average molecular weight is 467 g/mol. The number of carbonyl (C=O) groups excluding carboxylic acids is 2. The number of rotatable bonds is 3. The van der Waals surface area contributed by atoms with Gasteiger partial charge in [-0.2, -0.15) is 0 Å². The molecule has 0 unspecified atom stereocenters. The third-order valence-corrected chi connectivity index (χ3v) is 11.9. The minimum Gasteiger partial charge on any atom is -0.510 e. The molecule has 0 aromatic heterocycles. The molecule has 0 radical (unpaired) electrons. The van der Waals surface area contributed by atoms with Crippen molar-refractivity contribution in [3.05, 3.63) is 34.4 Å². The van der Waals surface area contributed by atoms with Crippen molar-refractivity contribution in [2.75, 3.05) is 7.11 Å². The van der Waals surface area contributed by atoms with Crippen LogP contribution < -0.4 is 13.6 Å². The van der Waals surface area contributed by atoms with Gasteiger partial charge in [-0.1, -0.05) is 41.5 Å². The maximum atomic E-state index is 13.3. The topological polar surface area (TPSA) is 61.8 Å². The van der Waals surface area contributed by atoms with Crippen molar-refractivity contribution in [3.63, 3.8) is 0 Å². The zero-order valence-electron chi connectivity index (χ0n) is 21.0. The van der Waals surface area contributed by atoms with Crippen LogP contribution in [0.15, 0.2) is 12.1 Å². The average Bonchev–Trinajstić information content (AvgIpc) is 2.71. The lowest BCUT2D eigenvalue weighted by atomic mass is 9.85. The molecule has 2 aromatic carbocycles. The van der Waals surface area contributed by atoms with Crippen LogP contribution in [-0.4, -0.2) is 27.7 Å². The van der Waals surface area contributed by atoms with Gasteiger partial charge in [0, 0.05) is 33.0 Å². The van der Waals surface area contributed by atoms with Gasteiger partial charge < -0.3 is 13.6 Å². The molecule has 1 aliphatic heterocycles. The summed E-state index contributed by atoms with van der Waals surface area (Å²) in [4.78, 5) is 24.5. The molecule has 0 fully saturated rings. The normalized spacial score (nSPS) is 17.5. The van der Waals surface area contributed by atoms with Gasteiger partial charge in [0.2, 0.25) is 0 Å². The Morgan fingerprint density at radius 3 is 2.24 bits per heavy atom. The van der Waals surface area contributed by atoms with E-state index in [4.69, 9.17) is 13.6 Å². The molecule has 0 amide bonds. The van der Waals surface area contributed by atoms with Crippen LogP contribution in [0.1, 0.15) is 81.4 Å². The van der Waals surface area contributed by atoms with E-state index in [1.54, 1.807) is 13.2 Å². The molecule has 0 bridgehead atoms. The number of allylic oxidation sites excluding steroid dienone is 1. The monoisotopic (exact) mass is 466 g/mol. The second kappa shape index (κ2) is 7.72. The van der Waals surface area contributed by atoms with E-state index in [1.165, 1.54) is 6.08 Å². The van der Waals surface area contributed by atoms with E-state index in [-0.39, 0.29) is 15.9 Å². The molecule has 33 heavy (non-hydrogen) atoms. The molecule has 6 heteroatoms. The molecule has 0 spiro atoms. The van der Waals surface area contributed by atoms with Gasteiger partial charge in [0.15, 0.2) is 5.78 Å². The molecule has 0 atom stereocenters. The van der Waals surface area contributed by atoms with Gasteiger partial charge in [-0.05, 0) is 43.5 Å². The number of Topliss-reactive ketones (excluding diaryl/α,β-unsaturated/α-hetero) is 1. The van der Waals surface area contributed by atoms with Crippen LogP contribution in [0.4, 0.5) is 0 Å². The zero-order chi connectivity index (χ0) is 24.3. The predicted octanol–water partition coefficient (Wildman–Crippen LogP) is 6.70. The highest BCUT2D eigenvalue weighted by Crippen LogP contribution is 2.60. The van der Waals surface area contributed by atoms with Crippen LogP contribution in [0.2, 0.25) is 10.1 Å². The van der Waals surface area contributed by atoms with Crippen molar-refractivity contribution < 1.29 is 23.2 Å². The Morgan fingerprint density at radius 2 is 1.67 bits per heavy atom. The fourth-order valence-electron chi connectivity index (χ4n) is 5.66. The number of ketones is 1. The zero-order valence-corrected chi connectivity index (χ0v) is 22.0. The van der Waals surface area contributed by atoms with E-state index in [0.717, 1.165) is 52.3 Å². The molecular weight excluding hydrogens is 432 g/mol. The van der Waals surface area contributed by atoms with Crippen molar-refractivity contribution in [3.8, 4) is 17.2 Å². The molecule has 0 saturated heterocycles. The van der Waals surface area contributed by atoms with E-state index in [1.807, 2.05) is 6.92 Å². The van der Waals surface area contributed by atoms with Crippen LogP contribution in [0.3, 0.4) is 0 Å². The number of aryl methyl sites for hydroxylation is 1. The number of hydrogen-bond acceptors (Lipinski definition) is 5. The van der Waals surface area contributed by atoms with Crippen molar-refractivity contribution in [1.29, 1.82) is 0 Å². The van der Waals surface area contributed by atoms with E-state index in [9.17, 15) is 9.59 Å². The summed E-state index contributed by atoms with van der Waals surface area (Å²) >= 11 is 0. The van der Waals surface area contributed by atoms with Crippen molar-refractivity contribution >= 4 is 37.5 Å². The Kier molecular flexibility index (Phi) is 5.51. The highest BCUT2D eigenvalue weighted by atomic mass is 28.4. The lowest BCUT2D eigenvalue weighted by Gasteiger charge is -2.51. The molecule has 0 saturated carbocycles. The van der Waals surface area contributed by atoms with Gasteiger partial charge in [-0.25, -0.2) is 0 Å². The third kappa shape index (κ3) is 3.33. The molecule has 2 aromatic rings. The summed E-state index contributed by atoms with van der Waals surface area (Å²) in [5, 5.41) is 1.07. The van der Waals surface area contributed by atoms with Crippen molar-refractivity contribution in [1.82, 2.24) is 0 Å². The fraction of sp³-hybridized carbons (Fsp3) is 0.481. The Hall–Kier alpha value is -2.60. The summed E-state index contributed by atoms with van der Waals surface area (Å²) in [6, 6.07) is 2.06. The maximum Gasteiger partial charge on any atom is 0.471 e. The minimum absolute atomic E-state index is 0.0931. The van der Waals surface area contributed by atoms with E-state index in [0.29, 0.717) is 23.5 Å². The molecule has 4 rings (SSSR count). The van der Waals surface area contributed by atoms with Crippen molar-refractivity contribution in [2.45, 2.75) is 77.8 Å². The van der Waals surface area contributed by atoms with Crippen LogP contribution in [0.25, 0.3) is 16.8 Å². The fourth-order valence-corrected chi connectivity index (χ4v) is 10.2. The van der Waals surface area contributed by atoms with Crippen LogP contribution in [0.5, 0.6) is 17.2 Å². The van der Waals surface area contributed by atoms with Crippen molar-refractivity contribution in [2.24, 2.45) is 0 Å². The minimum atomic E-state index is -3.04. The van der Waals surface area contributed by atoms with Gasteiger partial charge in [-0.15, -0.1) is 0 Å². The molecule has 1 aliphatic carbocycles. The first-order valence-electron chi connectivity index (χ1n) is 11.6. The Labute approximate surface area is 197 Å². The standard InChI is InChI=1S/C27H34O5Si/c1-16-15-19-22-24(17(16)12-10-14-28)31-33(26(2,3)4,27(5,6)7)32-25(22)21-18(23(19)30-8)11-9-13-20(21)29/h10,12,14-15H,9,11,13H2,1-8H3/b12-10+. The van der Waals surface area contributed by atoms with Crippen LogP contribution >= 0.6 is 0 Å². The number of methoxy groups -OCH3 is 1. The number of hydrogen-bond donors (Lipinski definition) is 0. The van der Waals surface area contributed by atoms with Crippen LogP contribution in [0, 0.1) is 6.92 Å². The van der Waals surface area contributed by atoms with Gasteiger partial charge >= 0.3 is 8.56 Å². The molecule has 2 aliphatic rings. The number of ether oxygens (including phenoxy) is 1. The lowest BCUT2D eigenvalue weighted by molar-refractivity contribution is -0.104. The summed E-state index contributed by atoms with van der Waals surface area (Å²) in [6.45, 7) is 14.9.